The van der Waals surface area contributed by atoms with Gasteiger partial charge in [-0.15, -0.1) is 6.58 Å². The molecule has 0 saturated carbocycles. The van der Waals surface area contributed by atoms with Gasteiger partial charge in [-0.25, -0.2) is 14.3 Å². The van der Waals surface area contributed by atoms with Gasteiger partial charge >= 0.3 is 0 Å². The first-order chi connectivity index (χ1) is 15.9. The number of anilines is 3. The molecule has 0 radical (unpaired) electrons. The van der Waals surface area contributed by atoms with E-state index in [-0.39, 0.29) is 18.8 Å². The average Bonchev–Trinajstić information content (AvgIpc) is 3.42. The zero-order valence-electron chi connectivity index (χ0n) is 18.4. The van der Waals surface area contributed by atoms with Gasteiger partial charge in [-0.3, -0.25) is 4.79 Å². The van der Waals surface area contributed by atoms with Gasteiger partial charge in [0.15, 0.2) is 5.65 Å². The molecule has 9 nitrogen and oxygen atoms in total. The Balaban J connectivity index is 1.72. The molecule has 10 heteroatoms. The minimum absolute atomic E-state index is 0.0525. The fourth-order valence-corrected chi connectivity index (χ4v) is 4.09. The topological polar surface area (TPSA) is 117 Å². The van der Waals surface area contributed by atoms with Crippen molar-refractivity contribution in [1.29, 1.82) is 0 Å². The SMILES string of the molecule is C=CCn1c(=O)c2cnc(Nc3ccc(NC(C)(C)CO)c(CO)c3)nc2n1-c1ccsc1. The Bertz CT molecular complexity index is 1340. The normalized spacial score (nSPS) is 11.6. The van der Waals surface area contributed by atoms with Gasteiger partial charge < -0.3 is 20.8 Å². The number of nitrogens with zero attached hydrogens (tertiary/aromatic N) is 4. The van der Waals surface area contributed by atoms with Crippen molar-refractivity contribution in [3.63, 3.8) is 0 Å². The molecule has 4 N–H and O–H groups in total. The molecule has 0 aliphatic rings. The van der Waals surface area contributed by atoms with Gasteiger partial charge in [0.25, 0.3) is 5.56 Å². The highest BCUT2D eigenvalue weighted by molar-refractivity contribution is 7.08. The van der Waals surface area contributed by atoms with E-state index in [1.807, 2.05) is 42.8 Å². The molecule has 0 unspecified atom stereocenters. The van der Waals surface area contributed by atoms with E-state index in [2.05, 4.69) is 27.2 Å². The molecule has 0 fully saturated rings. The maximum atomic E-state index is 12.9. The molecule has 0 bridgehead atoms. The van der Waals surface area contributed by atoms with Gasteiger partial charge in [0.2, 0.25) is 5.95 Å². The first kappa shape index (κ1) is 22.7. The molecule has 4 aromatic rings. The Labute approximate surface area is 194 Å². The van der Waals surface area contributed by atoms with Crippen molar-refractivity contribution in [1.82, 2.24) is 19.3 Å². The average molecular weight is 467 g/mol. The predicted molar refractivity (Wildman–Crippen MR) is 132 cm³/mol. The molecule has 0 spiro atoms. The number of thiophene rings is 1. The van der Waals surface area contributed by atoms with Crippen LogP contribution < -0.4 is 16.2 Å². The van der Waals surface area contributed by atoms with Gasteiger partial charge in [-0.05, 0) is 43.5 Å². The largest absolute Gasteiger partial charge is 0.394 e. The number of benzene rings is 1. The van der Waals surface area contributed by atoms with E-state index < -0.39 is 5.54 Å². The summed E-state index contributed by atoms with van der Waals surface area (Å²) in [4.78, 5) is 21.9. The van der Waals surface area contributed by atoms with E-state index >= 15 is 0 Å². The van der Waals surface area contributed by atoms with E-state index in [0.717, 1.165) is 11.4 Å². The molecule has 3 heterocycles. The Morgan fingerprint density at radius 3 is 2.76 bits per heavy atom. The summed E-state index contributed by atoms with van der Waals surface area (Å²) in [5.74, 6) is 0.322. The maximum absolute atomic E-state index is 12.9. The second-order valence-electron chi connectivity index (χ2n) is 8.22. The maximum Gasteiger partial charge on any atom is 0.278 e. The fourth-order valence-electron chi connectivity index (χ4n) is 3.47. The van der Waals surface area contributed by atoms with E-state index in [1.165, 1.54) is 17.5 Å². The van der Waals surface area contributed by atoms with Crippen LogP contribution in [0.2, 0.25) is 0 Å². The van der Waals surface area contributed by atoms with Crippen molar-refractivity contribution in [3.8, 4) is 5.69 Å². The van der Waals surface area contributed by atoms with E-state index in [4.69, 9.17) is 0 Å². The number of allylic oxidation sites excluding steroid dienone is 1. The first-order valence-corrected chi connectivity index (χ1v) is 11.3. The lowest BCUT2D eigenvalue weighted by atomic mass is 10.0. The lowest BCUT2D eigenvalue weighted by Gasteiger charge is -2.26. The fraction of sp³-hybridized carbons (Fsp3) is 0.261. The van der Waals surface area contributed by atoms with Crippen molar-refractivity contribution < 1.29 is 10.2 Å². The number of aliphatic hydroxyl groups excluding tert-OH is 2. The molecule has 3 aromatic heterocycles. The lowest BCUT2D eigenvalue weighted by Crippen LogP contribution is -2.35. The predicted octanol–water partition coefficient (Wildman–Crippen LogP) is 3.25. The molecule has 4 rings (SSSR count). The molecule has 172 valence electrons. The zero-order valence-corrected chi connectivity index (χ0v) is 19.3. The molecule has 0 amide bonds. The highest BCUT2D eigenvalue weighted by Crippen LogP contribution is 2.26. The van der Waals surface area contributed by atoms with Crippen LogP contribution in [0.4, 0.5) is 17.3 Å². The van der Waals surface area contributed by atoms with Crippen molar-refractivity contribution >= 4 is 39.7 Å². The third-order valence-electron chi connectivity index (χ3n) is 5.13. The quantitative estimate of drug-likeness (QED) is 0.280. The van der Waals surface area contributed by atoms with Crippen LogP contribution in [0, 0.1) is 0 Å². The number of aliphatic hydroxyl groups is 2. The van der Waals surface area contributed by atoms with Gasteiger partial charge in [0.05, 0.1) is 31.0 Å². The van der Waals surface area contributed by atoms with Crippen LogP contribution in [0.1, 0.15) is 19.4 Å². The Morgan fingerprint density at radius 2 is 2.09 bits per heavy atom. The second kappa shape index (κ2) is 9.18. The van der Waals surface area contributed by atoms with Crippen molar-refractivity contribution in [3.05, 3.63) is 69.8 Å². The second-order valence-corrected chi connectivity index (χ2v) is 9.00. The first-order valence-electron chi connectivity index (χ1n) is 10.4. The Kier molecular flexibility index (Phi) is 6.32. The van der Waals surface area contributed by atoms with Crippen molar-refractivity contribution in [2.75, 3.05) is 17.2 Å². The van der Waals surface area contributed by atoms with Gasteiger partial charge in [0.1, 0.15) is 5.39 Å². The number of fused-ring (bicyclic) bond motifs is 1. The molecular formula is C23H26N6O3S. The summed E-state index contributed by atoms with van der Waals surface area (Å²) in [5, 5.41) is 30.0. The monoisotopic (exact) mass is 466 g/mol. The van der Waals surface area contributed by atoms with Crippen molar-refractivity contribution in [2.45, 2.75) is 32.5 Å². The number of hydrogen-bond acceptors (Lipinski definition) is 8. The van der Waals surface area contributed by atoms with Crippen molar-refractivity contribution in [2.24, 2.45) is 0 Å². The standard InChI is InChI=1S/C23H26N6O3S/c1-4-8-28-21(32)18-11-24-22(26-20(18)29(28)17-7-9-33-13-17)25-16-5-6-19(15(10-16)12-30)27-23(2,3)14-31/h4-7,9-11,13,27,30-31H,1,8,12,14H2,2-3H3,(H,24,25,26). The van der Waals surface area contributed by atoms with Crippen LogP contribution in [0.25, 0.3) is 16.7 Å². The molecule has 0 aliphatic carbocycles. The van der Waals surface area contributed by atoms with Crippen LogP contribution in [0.3, 0.4) is 0 Å². The smallest absolute Gasteiger partial charge is 0.278 e. The Hall–Kier alpha value is -3.47. The number of rotatable bonds is 9. The Morgan fingerprint density at radius 1 is 1.27 bits per heavy atom. The molecule has 0 saturated heterocycles. The molecule has 0 aliphatic heterocycles. The molecule has 1 aromatic carbocycles. The summed E-state index contributed by atoms with van der Waals surface area (Å²) in [6, 6.07) is 7.37. The number of nitrogens with one attached hydrogen (secondary N) is 2. The van der Waals surface area contributed by atoms with Crippen LogP contribution >= 0.6 is 11.3 Å². The van der Waals surface area contributed by atoms with E-state index in [9.17, 15) is 15.0 Å². The third-order valence-corrected chi connectivity index (χ3v) is 5.80. The van der Waals surface area contributed by atoms with Gasteiger partial charge in [0, 0.05) is 28.5 Å². The summed E-state index contributed by atoms with van der Waals surface area (Å²) >= 11 is 1.53. The summed E-state index contributed by atoms with van der Waals surface area (Å²) < 4.78 is 3.34. The molecule has 0 atom stereocenters. The van der Waals surface area contributed by atoms with E-state index in [0.29, 0.717) is 34.8 Å². The summed E-state index contributed by atoms with van der Waals surface area (Å²) in [5.41, 5.74) is 2.68. The lowest BCUT2D eigenvalue weighted by molar-refractivity contribution is 0.233. The van der Waals surface area contributed by atoms with Crippen LogP contribution in [0.15, 0.2) is 58.7 Å². The minimum Gasteiger partial charge on any atom is -0.394 e. The number of aromatic nitrogens is 4. The van der Waals surface area contributed by atoms with E-state index in [1.54, 1.807) is 21.5 Å². The highest BCUT2D eigenvalue weighted by Gasteiger charge is 2.19. The summed E-state index contributed by atoms with van der Waals surface area (Å²) in [6.07, 6.45) is 3.18. The van der Waals surface area contributed by atoms with Crippen LogP contribution in [0.5, 0.6) is 0 Å². The minimum atomic E-state index is -0.531. The van der Waals surface area contributed by atoms with Gasteiger partial charge in [-0.1, -0.05) is 6.08 Å². The van der Waals surface area contributed by atoms with Gasteiger partial charge in [-0.2, -0.15) is 16.3 Å². The summed E-state index contributed by atoms with van der Waals surface area (Å²) in [7, 11) is 0. The zero-order chi connectivity index (χ0) is 23.6. The molecular weight excluding hydrogens is 440 g/mol. The molecule has 33 heavy (non-hydrogen) atoms. The van der Waals surface area contributed by atoms with Crippen LogP contribution in [-0.4, -0.2) is 41.7 Å². The third kappa shape index (κ3) is 4.54. The number of hydrogen-bond donors (Lipinski definition) is 4. The highest BCUT2D eigenvalue weighted by atomic mass is 32.1. The summed E-state index contributed by atoms with van der Waals surface area (Å²) in [6.45, 7) is 7.60. The van der Waals surface area contributed by atoms with Crippen LogP contribution in [-0.2, 0) is 13.2 Å².